The van der Waals surface area contributed by atoms with Crippen molar-refractivity contribution in [1.82, 2.24) is 15.2 Å². The lowest BCUT2D eigenvalue weighted by atomic mass is 10.4. The molecule has 0 aliphatic rings. The Balaban J connectivity index is 2.02. The number of hydrogen-bond acceptors (Lipinski definition) is 5. The summed E-state index contributed by atoms with van der Waals surface area (Å²) >= 11 is 0. The largest absolute Gasteiger partial charge is 0.467 e. The van der Waals surface area contributed by atoms with E-state index in [1.807, 2.05) is 26.0 Å². The third kappa shape index (κ3) is 2.31. The van der Waals surface area contributed by atoms with Gasteiger partial charge in [0, 0.05) is 0 Å². The molecule has 0 amide bonds. The highest BCUT2D eigenvalue weighted by molar-refractivity contribution is 5.25. The Morgan fingerprint density at radius 3 is 2.80 bits per heavy atom. The molecule has 0 aliphatic heterocycles. The van der Waals surface area contributed by atoms with Crippen LogP contribution in [0.3, 0.4) is 0 Å². The molecule has 0 radical (unpaired) electrons. The first-order chi connectivity index (χ1) is 7.25. The predicted octanol–water partition coefficient (Wildman–Crippen LogP) is 1.69. The number of aryl methyl sites for hydroxylation is 2. The van der Waals surface area contributed by atoms with Crippen LogP contribution < -0.4 is 5.32 Å². The summed E-state index contributed by atoms with van der Waals surface area (Å²) in [5.41, 5.74) is 1.73. The van der Waals surface area contributed by atoms with Gasteiger partial charge in [-0.2, -0.15) is 5.10 Å². The van der Waals surface area contributed by atoms with Gasteiger partial charge in [-0.3, -0.25) is 0 Å². The number of nitrogens with zero attached hydrogens (tertiary/aromatic N) is 3. The van der Waals surface area contributed by atoms with E-state index in [-0.39, 0.29) is 0 Å². The minimum atomic E-state index is 0.523. The summed E-state index contributed by atoms with van der Waals surface area (Å²) in [6.07, 6.45) is 1.64. The van der Waals surface area contributed by atoms with Gasteiger partial charge >= 0.3 is 0 Å². The first-order valence-electron chi connectivity index (χ1n) is 4.70. The summed E-state index contributed by atoms with van der Waals surface area (Å²) in [6.45, 7) is 4.35. The molecule has 78 valence electrons. The number of hydrogen-bond donors (Lipinski definition) is 1. The highest BCUT2D eigenvalue weighted by Gasteiger charge is 2.01. The average Bonchev–Trinajstić information content (AvgIpc) is 2.73. The molecule has 0 atom stereocenters. The van der Waals surface area contributed by atoms with Crippen molar-refractivity contribution >= 4 is 5.95 Å². The molecule has 0 bridgehead atoms. The fourth-order valence-electron chi connectivity index (χ4n) is 1.11. The van der Waals surface area contributed by atoms with Gasteiger partial charge < -0.3 is 9.73 Å². The normalized spacial score (nSPS) is 10.3. The lowest BCUT2D eigenvalue weighted by Crippen LogP contribution is -2.06. The highest BCUT2D eigenvalue weighted by Crippen LogP contribution is 2.05. The molecule has 2 rings (SSSR count). The predicted molar refractivity (Wildman–Crippen MR) is 55.3 cm³/mol. The van der Waals surface area contributed by atoms with Crippen LogP contribution in [0.15, 0.2) is 22.8 Å². The number of rotatable bonds is 3. The summed E-state index contributed by atoms with van der Waals surface area (Å²) in [6, 6.07) is 3.73. The van der Waals surface area contributed by atoms with E-state index >= 15 is 0 Å². The van der Waals surface area contributed by atoms with Gasteiger partial charge in [-0.25, -0.2) is 4.98 Å². The van der Waals surface area contributed by atoms with E-state index in [9.17, 15) is 0 Å². The molecule has 0 spiro atoms. The molecule has 0 saturated carbocycles. The van der Waals surface area contributed by atoms with Gasteiger partial charge in [0.15, 0.2) is 0 Å². The second-order valence-electron chi connectivity index (χ2n) is 3.24. The highest BCUT2D eigenvalue weighted by atomic mass is 16.3. The Bertz CT molecular complexity index is 439. The van der Waals surface area contributed by atoms with Crippen LogP contribution in [-0.4, -0.2) is 15.2 Å². The Labute approximate surface area is 87.6 Å². The molecule has 2 aromatic rings. The summed E-state index contributed by atoms with van der Waals surface area (Å²) < 4.78 is 5.17. The smallest absolute Gasteiger partial charge is 0.243 e. The fraction of sp³-hybridized carbons (Fsp3) is 0.300. The third-order valence-corrected chi connectivity index (χ3v) is 2.09. The van der Waals surface area contributed by atoms with Gasteiger partial charge in [-0.05, 0) is 26.0 Å². The van der Waals surface area contributed by atoms with Gasteiger partial charge in [0.25, 0.3) is 0 Å². The molecule has 5 nitrogen and oxygen atoms in total. The minimum absolute atomic E-state index is 0.523. The zero-order chi connectivity index (χ0) is 10.7. The SMILES string of the molecule is Cc1nnc(NCc2ccco2)nc1C. The van der Waals surface area contributed by atoms with E-state index in [2.05, 4.69) is 20.5 Å². The second kappa shape index (κ2) is 4.08. The maximum atomic E-state index is 5.17. The molecule has 0 fully saturated rings. The van der Waals surface area contributed by atoms with Crippen LogP contribution in [0.1, 0.15) is 17.1 Å². The molecule has 2 heterocycles. The number of anilines is 1. The van der Waals surface area contributed by atoms with Crippen LogP contribution in [0, 0.1) is 13.8 Å². The molecule has 0 aliphatic carbocycles. The average molecular weight is 204 g/mol. The van der Waals surface area contributed by atoms with Crippen LogP contribution in [0.25, 0.3) is 0 Å². The van der Waals surface area contributed by atoms with E-state index in [1.54, 1.807) is 6.26 Å². The van der Waals surface area contributed by atoms with E-state index in [0.29, 0.717) is 12.5 Å². The van der Waals surface area contributed by atoms with Crippen LogP contribution >= 0.6 is 0 Å². The molecule has 1 N–H and O–H groups in total. The lowest BCUT2D eigenvalue weighted by Gasteiger charge is -2.03. The van der Waals surface area contributed by atoms with Crippen molar-refractivity contribution in [2.24, 2.45) is 0 Å². The Morgan fingerprint density at radius 2 is 2.13 bits per heavy atom. The first kappa shape index (κ1) is 9.64. The maximum Gasteiger partial charge on any atom is 0.243 e. The summed E-state index contributed by atoms with van der Waals surface area (Å²) in [4.78, 5) is 4.25. The first-order valence-corrected chi connectivity index (χ1v) is 4.70. The molecule has 5 heteroatoms. The zero-order valence-electron chi connectivity index (χ0n) is 8.69. The summed E-state index contributed by atoms with van der Waals surface area (Å²) in [5, 5.41) is 10.9. The van der Waals surface area contributed by atoms with Crippen molar-refractivity contribution in [2.75, 3.05) is 5.32 Å². The molecular weight excluding hydrogens is 192 g/mol. The molecule has 15 heavy (non-hydrogen) atoms. The van der Waals surface area contributed by atoms with Crippen LogP contribution in [-0.2, 0) is 6.54 Å². The van der Waals surface area contributed by atoms with Crippen molar-refractivity contribution in [3.05, 3.63) is 35.5 Å². The van der Waals surface area contributed by atoms with Gasteiger partial charge in [0.2, 0.25) is 5.95 Å². The topological polar surface area (TPSA) is 63.8 Å². The van der Waals surface area contributed by atoms with Crippen LogP contribution in [0.4, 0.5) is 5.95 Å². The van der Waals surface area contributed by atoms with Gasteiger partial charge in [-0.15, -0.1) is 5.10 Å². The van der Waals surface area contributed by atoms with Gasteiger partial charge in [0.05, 0.1) is 24.2 Å². The zero-order valence-corrected chi connectivity index (χ0v) is 8.69. The van der Waals surface area contributed by atoms with Crippen molar-refractivity contribution in [1.29, 1.82) is 0 Å². The Hall–Kier alpha value is -1.91. The van der Waals surface area contributed by atoms with E-state index < -0.39 is 0 Å². The third-order valence-electron chi connectivity index (χ3n) is 2.09. The monoisotopic (exact) mass is 204 g/mol. The number of nitrogens with one attached hydrogen (secondary N) is 1. The molecule has 2 aromatic heterocycles. The van der Waals surface area contributed by atoms with Crippen molar-refractivity contribution in [3.8, 4) is 0 Å². The number of aromatic nitrogens is 3. The standard InChI is InChI=1S/C10H12N4O/c1-7-8(2)13-14-10(12-7)11-6-9-4-3-5-15-9/h3-5H,6H2,1-2H3,(H,11,12,14). The molecule has 0 aromatic carbocycles. The Morgan fingerprint density at radius 1 is 1.27 bits per heavy atom. The molecule has 0 saturated heterocycles. The van der Waals surface area contributed by atoms with Crippen LogP contribution in [0.5, 0.6) is 0 Å². The van der Waals surface area contributed by atoms with Crippen molar-refractivity contribution in [3.63, 3.8) is 0 Å². The fourth-order valence-corrected chi connectivity index (χ4v) is 1.11. The second-order valence-corrected chi connectivity index (χ2v) is 3.24. The molecular formula is C10H12N4O. The van der Waals surface area contributed by atoms with Crippen LogP contribution in [0.2, 0.25) is 0 Å². The minimum Gasteiger partial charge on any atom is -0.467 e. The van der Waals surface area contributed by atoms with Crippen molar-refractivity contribution < 1.29 is 4.42 Å². The van der Waals surface area contributed by atoms with Crippen molar-refractivity contribution in [2.45, 2.75) is 20.4 Å². The lowest BCUT2D eigenvalue weighted by molar-refractivity contribution is 0.517. The van der Waals surface area contributed by atoms with E-state index in [4.69, 9.17) is 4.42 Å². The Kier molecular flexibility index (Phi) is 2.62. The summed E-state index contributed by atoms with van der Waals surface area (Å²) in [7, 11) is 0. The van der Waals surface area contributed by atoms with E-state index in [1.165, 1.54) is 0 Å². The summed E-state index contributed by atoms with van der Waals surface area (Å²) in [5.74, 6) is 1.37. The number of furan rings is 1. The maximum absolute atomic E-state index is 5.17. The van der Waals surface area contributed by atoms with Gasteiger partial charge in [-0.1, -0.05) is 0 Å². The molecule has 0 unspecified atom stereocenters. The van der Waals surface area contributed by atoms with Gasteiger partial charge in [0.1, 0.15) is 5.76 Å². The quantitative estimate of drug-likeness (QED) is 0.824. The van der Waals surface area contributed by atoms with E-state index in [0.717, 1.165) is 17.1 Å².